The highest BCUT2D eigenvalue weighted by atomic mass is 79.9. The van der Waals surface area contributed by atoms with Gasteiger partial charge in [0.1, 0.15) is 5.78 Å². The summed E-state index contributed by atoms with van der Waals surface area (Å²) in [7, 11) is 0. The molecule has 3 heteroatoms. The van der Waals surface area contributed by atoms with Gasteiger partial charge >= 0.3 is 0 Å². The lowest BCUT2D eigenvalue weighted by atomic mass is 9.88. The Morgan fingerprint density at radius 3 is 2.72 bits per heavy atom. The van der Waals surface area contributed by atoms with Gasteiger partial charge in [0.2, 0.25) is 0 Å². The summed E-state index contributed by atoms with van der Waals surface area (Å²) in [6.07, 6.45) is 5.98. The van der Waals surface area contributed by atoms with Crippen LogP contribution in [0.15, 0.2) is 28.7 Å². The fraction of sp³-hybridized carbons (Fsp3) is 0.533. The van der Waals surface area contributed by atoms with E-state index in [1.54, 1.807) is 0 Å². The van der Waals surface area contributed by atoms with Crippen LogP contribution in [-0.4, -0.2) is 11.8 Å². The SMILES string of the molecule is NC1CCCCCC1C(=O)Cc1ccccc1Br. The van der Waals surface area contributed by atoms with Crippen LogP contribution < -0.4 is 5.73 Å². The highest BCUT2D eigenvalue weighted by molar-refractivity contribution is 9.10. The van der Waals surface area contributed by atoms with E-state index in [2.05, 4.69) is 15.9 Å². The summed E-state index contributed by atoms with van der Waals surface area (Å²) < 4.78 is 1.01. The van der Waals surface area contributed by atoms with Crippen molar-refractivity contribution in [3.05, 3.63) is 34.3 Å². The first-order chi connectivity index (χ1) is 8.68. The van der Waals surface area contributed by atoms with Crippen molar-refractivity contribution in [1.29, 1.82) is 0 Å². The standard InChI is InChI=1S/C15H20BrNO/c16-13-8-5-4-6-11(13)10-15(18)12-7-2-1-3-9-14(12)17/h4-6,8,12,14H,1-3,7,9-10,17H2. The smallest absolute Gasteiger partial charge is 0.141 e. The summed E-state index contributed by atoms with van der Waals surface area (Å²) in [5.74, 6) is 0.357. The van der Waals surface area contributed by atoms with Crippen LogP contribution in [0.1, 0.15) is 37.7 Å². The molecule has 2 rings (SSSR count). The van der Waals surface area contributed by atoms with Crippen molar-refractivity contribution < 1.29 is 4.79 Å². The van der Waals surface area contributed by atoms with E-state index < -0.39 is 0 Å². The Morgan fingerprint density at radius 1 is 1.22 bits per heavy atom. The first-order valence-electron chi connectivity index (χ1n) is 6.70. The zero-order valence-electron chi connectivity index (χ0n) is 10.6. The van der Waals surface area contributed by atoms with Crippen molar-refractivity contribution in [1.82, 2.24) is 0 Å². The van der Waals surface area contributed by atoms with E-state index in [0.29, 0.717) is 12.2 Å². The average molecular weight is 310 g/mol. The fourth-order valence-electron chi connectivity index (χ4n) is 2.70. The molecular weight excluding hydrogens is 290 g/mol. The van der Waals surface area contributed by atoms with Crippen molar-refractivity contribution >= 4 is 21.7 Å². The van der Waals surface area contributed by atoms with Gasteiger partial charge in [0.25, 0.3) is 0 Å². The van der Waals surface area contributed by atoms with Crippen LogP contribution in [0.2, 0.25) is 0 Å². The summed E-state index contributed by atoms with van der Waals surface area (Å²) in [6.45, 7) is 0. The molecule has 2 atom stereocenters. The molecule has 2 N–H and O–H groups in total. The zero-order chi connectivity index (χ0) is 13.0. The van der Waals surface area contributed by atoms with Crippen molar-refractivity contribution in [3.8, 4) is 0 Å². The van der Waals surface area contributed by atoms with Crippen LogP contribution >= 0.6 is 15.9 Å². The second kappa shape index (κ2) is 6.48. The maximum Gasteiger partial charge on any atom is 0.141 e. The van der Waals surface area contributed by atoms with Gasteiger partial charge in [-0.1, -0.05) is 53.4 Å². The van der Waals surface area contributed by atoms with E-state index in [-0.39, 0.29) is 12.0 Å². The van der Waals surface area contributed by atoms with Crippen LogP contribution in [0.3, 0.4) is 0 Å². The van der Waals surface area contributed by atoms with Crippen LogP contribution in [0.25, 0.3) is 0 Å². The van der Waals surface area contributed by atoms with Gasteiger partial charge in [-0.2, -0.15) is 0 Å². The maximum atomic E-state index is 12.4. The summed E-state index contributed by atoms with van der Waals surface area (Å²) in [5, 5.41) is 0. The number of carbonyl (C=O) groups excluding carboxylic acids is 1. The largest absolute Gasteiger partial charge is 0.327 e. The van der Waals surface area contributed by atoms with Gasteiger partial charge in [-0.15, -0.1) is 0 Å². The molecule has 0 saturated heterocycles. The third-order valence-corrected chi connectivity index (χ3v) is 4.58. The number of Topliss-reactive ketones (excluding diaryl/α,β-unsaturated/α-hetero) is 1. The first-order valence-corrected chi connectivity index (χ1v) is 7.49. The predicted octanol–water partition coefficient (Wildman–Crippen LogP) is 3.47. The molecule has 1 aromatic rings. The van der Waals surface area contributed by atoms with Crippen molar-refractivity contribution in [2.45, 2.75) is 44.6 Å². The van der Waals surface area contributed by atoms with Crippen molar-refractivity contribution in [2.75, 3.05) is 0 Å². The Kier molecular flexibility index (Phi) is 4.95. The van der Waals surface area contributed by atoms with Gasteiger partial charge in [0, 0.05) is 22.9 Å². The molecule has 1 aliphatic rings. The van der Waals surface area contributed by atoms with E-state index >= 15 is 0 Å². The van der Waals surface area contributed by atoms with Gasteiger partial charge in [-0.25, -0.2) is 0 Å². The number of halogens is 1. The maximum absolute atomic E-state index is 12.4. The summed E-state index contributed by atoms with van der Waals surface area (Å²) >= 11 is 3.50. The lowest BCUT2D eigenvalue weighted by Crippen LogP contribution is -2.35. The molecule has 0 aromatic heterocycles. The van der Waals surface area contributed by atoms with Crippen molar-refractivity contribution in [3.63, 3.8) is 0 Å². The zero-order valence-corrected chi connectivity index (χ0v) is 12.2. The molecule has 0 aliphatic heterocycles. The molecule has 2 nitrogen and oxygen atoms in total. The molecule has 0 spiro atoms. The molecule has 0 heterocycles. The minimum absolute atomic E-state index is 0.0552. The normalized spacial score (nSPS) is 24.6. The molecule has 0 bridgehead atoms. The highest BCUT2D eigenvalue weighted by Crippen LogP contribution is 2.25. The molecule has 1 fully saturated rings. The molecule has 18 heavy (non-hydrogen) atoms. The minimum Gasteiger partial charge on any atom is -0.327 e. The van der Waals surface area contributed by atoms with E-state index in [1.807, 2.05) is 24.3 Å². The van der Waals surface area contributed by atoms with Crippen LogP contribution in [0.5, 0.6) is 0 Å². The monoisotopic (exact) mass is 309 g/mol. The summed E-state index contributed by atoms with van der Waals surface area (Å²) in [4.78, 5) is 12.4. The van der Waals surface area contributed by atoms with Gasteiger partial charge < -0.3 is 5.73 Å². The number of hydrogen-bond donors (Lipinski definition) is 1. The molecule has 2 unspecified atom stereocenters. The second-order valence-corrected chi connectivity index (χ2v) is 6.00. The average Bonchev–Trinajstić information content (AvgIpc) is 2.57. The highest BCUT2D eigenvalue weighted by Gasteiger charge is 2.26. The van der Waals surface area contributed by atoms with Crippen molar-refractivity contribution in [2.24, 2.45) is 11.7 Å². The van der Waals surface area contributed by atoms with E-state index in [0.717, 1.165) is 29.3 Å². The lowest BCUT2D eigenvalue weighted by molar-refractivity contribution is -0.123. The Labute approximate surface area is 117 Å². The molecule has 1 saturated carbocycles. The van der Waals surface area contributed by atoms with E-state index in [1.165, 1.54) is 12.8 Å². The van der Waals surface area contributed by atoms with Gasteiger partial charge in [0.15, 0.2) is 0 Å². The number of ketones is 1. The van der Waals surface area contributed by atoms with E-state index in [9.17, 15) is 4.79 Å². The Bertz CT molecular complexity index is 419. The molecular formula is C15H20BrNO. The summed E-state index contributed by atoms with van der Waals surface area (Å²) in [5.41, 5.74) is 7.21. The molecule has 1 aliphatic carbocycles. The fourth-order valence-corrected chi connectivity index (χ4v) is 3.12. The number of nitrogens with two attached hydrogens (primary N) is 1. The first kappa shape index (κ1) is 13.8. The van der Waals surface area contributed by atoms with E-state index in [4.69, 9.17) is 5.73 Å². The van der Waals surface area contributed by atoms with Gasteiger partial charge in [-0.05, 0) is 24.5 Å². The van der Waals surface area contributed by atoms with Gasteiger partial charge in [0.05, 0.1) is 0 Å². The number of carbonyl (C=O) groups is 1. The molecule has 0 amide bonds. The molecule has 98 valence electrons. The molecule has 0 radical (unpaired) electrons. The third kappa shape index (κ3) is 3.42. The Morgan fingerprint density at radius 2 is 1.94 bits per heavy atom. The van der Waals surface area contributed by atoms with Crippen LogP contribution in [0, 0.1) is 5.92 Å². The quantitative estimate of drug-likeness (QED) is 0.869. The number of benzene rings is 1. The summed E-state index contributed by atoms with van der Waals surface area (Å²) in [6, 6.07) is 7.98. The van der Waals surface area contributed by atoms with Gasteiger partial charge in [-0.3, -0.25) is 4.79 Å². The minimum atomic E-state index is 0.0552. The Balaban J connectivity index is 2.04. The predicted molar refractivity (Wildman–Crippen MR) is 77.4 cm³/mol. The van der Waals surface area contributed by atoms with Crippen LogP contribution in [0.4, 0.5) is 0 Å². The molecule has 1 aromatic carbocycles. The Hall–Kier alpha value is -0.670. The third-order valence-electron chi connectivity index (χ3n) is 3.81. The topological polar surface area (TPSA) is 43.1 Å². The lowest BCUT2D eigenvalue weighted by Gasteiger charge is -2.20. The van der Waals surface area contributed by atoms with Crippen LogP contribution in [-0.2, 0) is 11.2 Å². The second-order valence-electron chi connectivity index (χ2n) is 5.14. The number of hydrogen-bond acceptors (Lipinski definition) is 2. The number of rotatable bonds is 3.